The van der Waals surface area contributed by atoms with Gasteiger partial charge in [-0.3, -0.25) is 4.68 Å². The predicted molar refractivity (Wildman–Crippen MR) is 206 cm³/mol. The van der Waals surface area contributed by atoms with Gasteiger partial charge in [-0.1, -0.05) is 103 Å². The maximum absolute atomic E-state index is 6.69. The van der Waals surface area contributed by atoms with Crippen LogP contribution in [0, 0.1) is 26.0 Å². The zero-order valence-corrected chi connectivity index (χ0v) is 33.4. The molecule has 3 aromatic heterocycles. The minimum atomic E-state index is -0.125. The van der Waals surface area contributed by atoms with Crippen molar-refractivity contribution in [2.24, 2.45) is 0 Å². The Bertz CT molecular complexity index is 2350. The molecular formula is C45H46N4OPt. The van der Waals surface area contributed by atoms with E-state index in [1.807, 2.05) is 23.0 Å². The van der Waals surface area contributed by atoms with Gasteiger partial charge in [-0.25, -0.2) is 4.98 Å². The Hall–Kier alpha value is -4.47. The van der Waals surface area contributed by atoms with E-state index in [9.17, 15) is 0 Å². The molecule has 7 rings (SSSR count). The SMILES string of the molecule is CCCc1ccc2c(c1)c1ccc(Oc3[c-]c(-n4nc(C)c(-c5ccccc5)c4C)cc(C(C)(C)C)c3)[c-]c1n2-c1cc(C(C)(C)C)ccn1.[Pt+2]. The normalized spacial score (nSPS) is 12.0. The van der Waals surface area contributed by atoms with Gasteiger partial charge in [-0.15, -0.1) is 41.3 Å². The first kappa shape index (κ1) is 36.3. The van der Waals surface area contributed by atoms with E-state index in [4.69, 9.17) is 14.8 Å². The van der Waals surface area contributed by atoms with E-state index in [2.05, 4.69) is 152 Å². The van der Waals surface area contributed by atoms with Gasteiger partial charge in [0.1, 0.15) is 5.82 Å². The van der Waals surface area contributed by atoms with Gasteiger partial charge in [0.05, 0.1) is 5.69 Å². The van der Waals surface area contributed by atoms with Crippen LogP contribution in [-0.2, 0) is 38.3 Å². The van der Waals surface area contributed by atoms with Gasteiger partial charge < -0.3 is 9.30 Å². The Balaban J connectivity index is 0.00000448. The number of hydrogen-bond acceptors (Lipinski definition) is 3. The van der Waals surface area contributed by atoms with Crippen molar-refractivity contribution in [3.05, 3.63) is 131 Å². The van der Waals surface area contributed by atoms with Gasteiger partial charge in [0.2, 0.25) is 0 Å². The molecule has 0 fully saturated rings. The van der Waals surface area contributed by atoms with Crippen LogP contribution >= 0.6 is 0 Å². The molecule has 262 valence electrons. The van der Waals surface area contributed by atoms with Crippen LogP contribution in [0.2, 0.25) is 0 Å². The molecule has 0 aliphatic heterocycles. The van der Waals surface area contributed by atoms with E-state index in [-0.39, 0.29) is 31.9 Å². The molecule has 3 heterocycles. The number of pyridine rings is 1. The minimum Gasteiger partial charge on any atom is -0.509 e. The average Bonchev–Trinajstić information content (AvgIpc) is 3.56. The van der Waals surface area contributed by atoms with Crippen LogP contribution in [0.15, 0.2) is 91.1 Å². The van der Waals surface area contributed by atoms with Gasteiger partial charge in [-0.05, 0) is 77.1 Å². The summed E-state index contributed by atoms with van der Waals surface area (Å²) in [4.78, 5) is 4.88. The predicted octanol–water partition coefficient (Wildman–Crippen LogP) is 11.6. The van der Waals surface area contributed by atoms with Crippen molar-refractivity contribution in [1.82, 2.24) is 19.3 Å². The Morgan fingerprint density at radius 3 is 2.20 bits per heavy atom. The molecule has 0 bridgehead atoms. The first-order chi connectivity index (χ1) is 23.8. The number of rotatable bonds is 7. The van der Waals surface area contributed by atoms with Crippen molar-refractivity contribution in [3.8, 4) is 34.1 Å². The number of aryl methyl sites for hydroxylation is 2. The molecule has 0 aliphatic rings. The summed E-state index contributed by atoms with van der Waals surface area (Å²) in [5.74, 6) is 2.11. The number of ether oxygens (including phenoxy) is 1. The second-order valence-electron chi connectivity index (χ2n) is 15.5. The van der Waals surface area contributed by atoms with Crippen LogP contribution < -0.4 is 4.74 Å². The molecule has 51 heavy (non-hydrogen) atoms. The van der Waals surface area contributed by atoms with Crippen LogP contribution in [0.1, 0.15) is 83.0 Å². The summed E-state index contributed by atoms with van der Waals surface area (Å²) in [6.45, 7) is 19.8. The molecule has 7 aromatic rings. The number of nitrogens with zero attached hydrogens (tertiary/aromatic N) is 4. The topological polar surface area (TPSA) is 44.9 Å². The molecule has 0 amide bonds. The van der Waals surface area contributed by atoms with Crippen molar-refractivity contribution in [2.45, 2.75) is 86.0 Å². The molecule has 0 unspecified atom stereocenters. The van der Waals surface area contributed by atoms with Crippen molar-refractivity contribution >= 4 is 21.8 Å². The fraction of sp³-hybridized carbons (Fsp3) is 0.289. The molecule has 5 nitrogen and oxygen atoms in total. The molecule has 6 heteroatoms. The summed E-state index contributed by atoms with van der Waals surface area (Å²) in [5.41, 5.74) is 10.8. The molecule has 0 saturated carbocycles. The Labute approximate surface area is 317 Å². The zero-order valence-electron chi connectivity index (χ0n) is 31.1. The molecule has 0 spiro atoms. The second-order valence-corrected chi connectivity index (χ2v) is 15.5. The maximum atomic E-state index is 6.69. The second kappa shape index (κ2) is 13.9. The monoisotopic (exact) mass is 853 g/mol. The summed E-state index contributed by atoms with van der Waals surface area (Å²) >= 11 is 0. The van der Waals surface area contributed by atoms with E-state index in [1.165, 1.54) is 16.5 Å². The Morgan fingerprint density at radius 2 is 1.49 bits per heavy atom. The van der Waals surface area contributed by atoms with Gasteiger partial charge >= 0.3 is 21.1 Å². The third kappa shape index (κ3) is 7.06. The first-order valence-corrected chi connectivity index (χ1v) is 17.7. The smallest absolute Gasteiger partial charge is 0.509 e. The van der Waals surface area contributed by atoms with E-state index in [1.54, 1.807) is 0 Å². The van der Waals surface area contributed by atoms with Crippen LogP contribution in [-0.4, -0.2) is 19.3 Å². The molecular weight excluding hydrogens is 808 g/mol. The average molecular weight is 854 g/mol. The molecule has 0 aliphatic carbocycles. The van der Waals surface area contributed by atoms with Crippen molar-refractivity contribution in [3.63, 3.8) is 0 Å². The van der Waals surface area contributed by atoms with Crippen molar-refractivity contribution in [1.29, 1.82) is 0 Å². The summed E-state index contributed by atoms with van der Waals surface area (Å²) in [5, 5.41) is 7.31. The zero-order chi connectivity index (χ0) is 35.4. The maximum Gasteiger partial charge on any atom is 2.00 e. The number of hydrogen-bond donors (Lipinski definition) is 0. The fourth-order valence-corrected chi connectivity index (χ4v) is 6.87. The molecule has 4 aromatic carbocycles. The molecule has 0 radical (unpaired) electrons. The molecule has 0 N–H and O–H groups in total. The quantitative estimate of drug-likeness (QED) is 0.150. The van der Waals surface area contributed by atoms with Crippen LogP contribution in [0.3, 0.4) is 0 Å². The Kier molecular flexibility index (Phi) is 9.91. The largest absolute Gasteiger partial charge is 2.00 e. The van der Waals surface area contributed by atoms with Crippen LogP contribution in [0.25, 0.3) is 44.4 Å². The third-order valence-electron chi connectivity index (χ3n) is 9.59. The standard InChI is InChI=1S/C45H46N4O.Pt/c1-10-14-31-17-20-40-39(23-31)38-19-18-36(28-41(38)48(40)42-26-33(21-22-46-42)44(4,5)6)50-37-25-34(45(7,8)9)24-35(27-37)49-30(3)43(29(2)47-49)32-15-12-11-13-16-32;/h11-13,15-26H,10,14H2,1-9H3;/q-2;+2. The van der Waals surface area contributed by atoms with E-state index >= 15 is 0 Å². The summed E-state index contributed by atoms with van der Waals surface area (Å²) in [7, 11) is 0. The first-order valence-electron chi connectivity index (χ1n) is 17.7. The summed E-state index contributed by atoms with van der Waals surface area (Å²) in [6.07, 6.45) is 4.05. The molecule has 0 atom stereocenters. The van der Waals surface area contributed by atoms with E-state index in [0.717, 1.165) is 68.8 Å². The van der Waals surface area contributed by atoms with Crippen LogP contribution in [0.4, 0.5) is 0 Å². The summed E-state index contributed by atoms with van der Waals surface area (Å²) in [6, 6.07) is 37.2. The fourth-order valence-electron chi connectivity index (χ4n) is 6.87. The third-order valence-corrected chi connectivity index (χ3v) is 9.59. The van der Waals surface area contributed by atoms with Gasteiger partial charge in [0.25, 0.3) is 0 Å². The van der Waals surface area contributed by atoms with Crippen molar-refractivity contribution in [2.75, 3.05) is 0 Å². The van der Waals surface area contributed by atoms with Gasteiger partial charge in [-0.2, -0.15) is 11.2 Å². The minimum absolute atomic E-state index is 0. The number of fused-ring (bicyclic) bond motifs is 3. The Morgan fingerprint density at radius 1 is 0.745 bits per heavy atom. The summed E-state index contributed by atoms with van der Waals surface area (Å²) < 4.78 is 10.9. The van der Waals surface area contributed by atoms with E-state index < -0.39 is 0 Å². The van der Waals surface area contributed by atoms with Gasteiger partial charge in [0, 0.05) is 34.5 Å². The molecule has 0 saturated heterocycles. The number of benzene rings is 4. The van der Waals surface area contributed by atoms with Crippen molar-refractivity contribution < 1.29 is 25.8 Å². The number of aromatic nitrogens is 4. The van der Waals surface area contributed by atoms with E-state index in [0.29, 0.717) is 11.5 Å². The van der Waals surface area contributed by atoms with Crippen LogP contribution in [0.5, 0.6) is 11.5 Å². The van der Waals surface area contributed by atoms with Gasteiger partial charge in [0.15, 0.2) is 0 Å².